The molecule has 26 heavy (non-hydrogen) atoms. The van der Waals surface area contributed by atoms with Crippen LogP contribution in [0.5, 0.6) is 5.88 Å². The summed E-state index contributed by atoms with van der Waals surface area (Å²) in [4.78, 5) is 22.7. The Morgan fingerprint density at radius 2 is 2.31 bits per heavy atom. The van der Waals surface area contributed by atoms with Crippen molar-refractivity contribution in [2.24, 2.45) is 0 Å². The second kappa shape index (κ2) is 8.23. The molecule has 1 aromatic carbocycles. The van der Waals surface area contributed by atoms with Crippen molar-refractivity contribution < 1.29 is 18.7 Å². The van der Waals surface area contributed by atoms with Crippen molar-refractivity contribution in [3.05, 3.63) is 41.8 Å². The highest BCUT2D eigenvalue weighted by atomic mass is 19.1. The van der Waals surface area contributed by atoms with E-state index in [1.807, 2.05) is 6.92 Å². The maximum absolute atomic E-state index is 13.5. The molecule has 0 radical (unpaired) electrons. The first-order valence-electron chi connectivity index (χ1n) is 8.70. The summed E-state index contributed by atoms with van der Waals surface area (Å²) in [5.74, 6) is -0.517. The SMILES string of the molecule is CCN(C[C@@H]1CCCO1)C(=O)c1cccc(-c2ncc(F)c(OC)n2)c1. The minimum Gasteiger partial charge on any atom is -0.479 e. The summed E-state index contributed by atoms with van der Waals surface area (Å²) in [6.07, 6.45) is 3.18. The molecule has 1 amide bonds. The third kappa shape index (κ3) is 3.99. The van der Waals surface area contributed by atoms with Gasteiger partial charge in [0.05, 0.1) is 19.4 Å². The number of methoxy groups -OCH3 is 1. The van der Waals surface area contributed by atoms with Crippen molar-refractivity contribution >= 4 is 5.91 Å². The van der Waals surface area contributed by atoms with Crippen molar-refractivity contribution in [2.75, 3.05) is 26.8 Å². The lowest BCUT2D eigenvalue weighted by molar-refractivity contribution is 0.0539. The van der Waals surface area contributed by atoms with Crippen molar-refractivity contribution in [1.82, 2.24) is 14.9 Å². The highest BCUT2D eigenvalue weighted by molar-refractivity contribution is 5.95. The van der Waals surface area contributed by atoms with Crippen LogP contribution in [0.25, 0.3) is 11.4 Å². The third-order valence-corrected chi connectivity index (χ3v) is 4.39. The Morgan fingerprint density at radius 1 is 1.46 bits per heavy atom. The number of ether oxygens (including phenoxy) is 2. The highest BCUT2D eigenvalue weighted by Gasteiger charge is 2.22. The molecule has 0 saturated carbocycles. The smallest absolute Gasteiger partial charge is 0.253 e. The molecule has 0 aliphatic carbocycles. The van der Waals surface area contributed by atoms with Crippen molar-refractivity contribution in [3.8, 4) is 17.3 Å². The van der Waals surface area contributed by atoms with Gasteiger partial charge >= 0.3 is 0 Å². The Balaban J connectivity index is 1.82. The summed E-state index contributed by atoms with van der Waals surface area (Å²) < 4.78 is 24.1. The number of hydrogen-bond acceptors (Lipinski definition) is 5. The van der Waals surface area contributed by atoms with Crippen LogP contribution in [0.1, 0.15) is 30.1 Å². The van der Waals surface area contributed by atoms with Crippen LogP contribution in [-0.2, 0) is 4.74 Å². The van der Waals surface area contributed by atoms with E-state index in [2.05, 4.69) is 9.97 Å². The number of nitrogens with zero attached hydrogens (tertiary/aromatic N) is 3. The average molecular weight is 359 g/mol. The summed E-state index contributed by atoms with van der Waals surface area (Å²) in [6.45, 7) is 3.89. The maximum atomic E-state index is 13.5. The number of carbonyl (C=O) groups is 1. The Bertz CT molecular complexity index is 778. The first kappa shape index (κ1) is 18.3. The van der Waals surface area contributed by atoms with E-state index < -0.39 is 5.82 Å². The Hall–Kier alpha value is -2.54. The fourth-order valence-electron chi connectivity index (χ4n) is 3.00. The van der Waals surface area contributed by atoms with Crippen LogP contribution in [0.4, 0.5) is 4.39 Å². The third-order valence-electron chi connectivity index (χ3n) is 4.39. The zero-order valence-corrected chi connectivity index (χ0v) is 14.9. The van der Waals surface area contributed by atoms with Crippen molar-refractivity contribution in [1.29, 1.82) is 0 Å². The van der Waals surface area contributed by atoms with Gasteiger partial charge in [-0.1, -0.05) is 12.1 Å². The summed E-state index contributed by atoms with van der Waals surface area (Å²) in [7, 11) is 1.35. The van der Waals surface area contributed by atoms with Gasteiger partial charge in [0.2, 0.25) is 5.82 Å². The standard InChI is InChI=1S/C19H22FN3O3/c1-3-23(12-15-8-5-9-26-15)19(24)14-7-4-6-13(10-14)17-21-11-16(20)18(22-17)25-2/h4,6-7,10-11,15H,3,5,8-9,12H2,1-2H3/t15-/m0/s1. The van der Waals surface area contributed by atoms with E-state index in [0.29, 0.717) is 30.0 Å². The van der Waals surface area contributed by atoms with E-state index in [9.17, 15) is 9.18 Å². The number of carbonyl (C=O) groups excluding carboxylic acids is 1. The second-order valence-corrected chi connectivity index (χ2v) is 6.11. The van der Waals surface area contributed by atoms with E-state index in [1.54, 1.807) is 29.2 Å². The van der Waals surface area contributed by atoms with E-state index in [-0.39, 0.29) is 17.9 Å². The molecule has 0 unspecified atom stereocenters. The van der Waals surface area contributed by atoms with Crippen LogP contribution in [0, 0.1) is 5.82 Å². The average Bonchev–Trinajstić information content (AvgIpc) is 3.19. The molecule has 3 rings (SSSR count). The Morgan fingerprint density at radius 3 is 3.00 bits per heavy atom. The van der Waals surface area contributed by atoms with E-state index in [0.717, 1.165) is 25.6 Å². The molecular formula is C19H22FN3O3. The fourth-order valence-corrected chi connectivity index (χ4v) is 3.00. The van der Waals surface area contributed by atoms with Gasteiger partial charge < -0.3 is 14.4 Å². The molecular weight excluding hydrogens is 337 g/mol. The van der Waals surface area contributed by atoms with Gasteiger partial charge in [-0.3, -0.25) is 4.79 Å². The number of aromatic nitrogens is 2. The summed E-state index contributed by atoms with van der Waals surface area (Å²) in [6, 6.07) is 7.01. The number of rotatable bonds is 6. The molecule has 0 N–H and O–H groups in total. The molecule has 1 aliphatic heterocycles. The van der Waals surface area contributed by atoms with Crippen molar-refractivity contribution in [3.63, 3.8) is 0 Å². The number of hydrogen-bond donors (Lipinski definition) is 0. The normalized spacial score (nSPS) is 16.5. The summed E-state index contributed by atoms with van der Waals surface area (Å²) in [5, 5.41) is 0. The zero-order chi connectivity index (χ0) is 18.5. The fraction of sp³-hybridized carbons (Fsp3) is 0.421. The predicted molar refractivity (Wildman–Crippen MR) is 94.5 cm³/mol. The highest BCUT2D eigenvalue weighted by Crippen LogP contribution is 2.22. The number of benzene rings is 1. The first-order valence-corrected chi connectivity index (χ1v) is 8.70. The maximum Gasteiger partial charge on any atom is 0.253 e. The number of halogens is 1. The molecule has 1 atom stereocenters. The van der Waals surface area contributed by atoms with Crippen LogP contribution in [0.2, 0.25) is 0 Å². The number of amides is 1. The Labute approximate surface area is 152 Å². The topological polar surface area (TPSA) is 64.5 Å². The lowest BCUT2D eigenvalue weighted by atomic mass is 10.1. The van der Waals surface area contributed by atoms with Crippen LogP contribution in [0.3, 0.4) is 0 Å². The van der Waals surface area contributed by atoms with E-state index in [1.165, 1.54) is 7.11 Å². The second-order valence-electron chi connectivity index (χ2n) is 6.11. The van der Waals surface area contributed by atoms with Gasteiger partial charge in [0.15, 0.2) is 5.82 Å². The van der Waals surface area contributed by atoms with Gasteiger partial charge in [0.1, 0.15) is 0 Å². The molecule has 1 saturated heterocycles. The largest absolute Gasteiger partial charge is 0.479 e. The summed E-state index contributed by atoms with van der Waals surface area (Å²) in [5.41, 5.74) is 1.16. The zero-order valence-electron chi connectivity index (χ0n) is 14.9. The number of likely N-dealkylation sites (N-methyl/N-ethyl adjacent to an activating group) is 1. The lowest BCUT2D eigenvalue weighted by Gasteiger charge is -2.24. The summed E-state index contributed by atoms with van der Waals surface area (Å²) >= 11 is 0. The molecule has 6 nitrogen and oxygen atoms in total. The lowest BCUT2D eigenvalue weighted by Crippen LogP contribution is -2.37. The minimum absolute atomic E-state index is 0.0704. The molecule has 1 aromatic heterocycles. The van der Waals surface area contributed by atoms with Gasteiger partial charge in [-0.25, -0.2) is 4.98 Å². The molecule has 2 heterocycles. The van der Waals surface area contributed by atoms with Gasteiger partial charge in [-0.05, 0) is 31.9 Å². The van der Waals surface area contributed by atoms with E-state index in [4.69, 9.17) is 9.47 Å². The van der Waals surface area contributed by atoms with Crippen LogP contribution >= 0.6 is 0 Å². The van der Waals surface area contributed by atoms with Gasteiger partial charge in [-0.15, -0.1) is 0 Å². The molecule has 0 bridgehead atoms. The quantitative estimate of drug-likeness (QED) is 0.793. The predicted octanol–water partition coefficient (Wildman–Crippen LogP) is 2.93. The van der Waals surface area contributed by atoms with Crippen LogP contribution < -0.4 is 4.74 Å². The molecule has 0 spiro atoms. The van der Waals surface area contributed by atoms with E-state index >= 15 is 0 Å². The molecule has 138 valence electrons. The molecule has 7 heteroatoms. The van der Waals surface area contributed by atoms with Gasteiger partial charge in [0, 0.05) is 30.8 Å². The molecule has 1 fully saturated rings. The van der Waals surface area contributed by atoms with Crippen LogP contribution in [-0.4, -0.2) is 53.7 Å². The van der Waals surface area contributed by atoms with Crippen molar-refractivity contribution in [2.45, 2.75) is 25.9 Å². The first-order chi connectivity index (χ1) is 12.6. The van der Waals surface area contributed by atoms with Gasteiger partial charge in [0.25, 0.3) is 11.8 Å². The molecule has 1 aliphatic rings. The minimum atomic E-state index is -0.628. The van der Waals surface area contributed by atoms with Crippen LogP contribution in [0.15, 0.2) is 30.5 Å². The molecule has 2 aromatic rings. The van der Waals surface area contributed by atoms with Gasteiger partial charge in [-0.2, -0.15) is 9.37 Å². The Kier molecular flexibility index (Phi) is 5.78. The monoisotopic (exact) mass is 359 g/mol.